The number of hydrazine groups is 1. The van der Waals surface area contributed by atoms with Crippen LogP contribution in [0.4, 0.5) is 0 Å². The number of phenolic OH excluding ortho intramolecular Hbond substituents is 3. The summed E-state index contributed by atoms with van der Waals surface area (Å²) in [6.45, 7) is 1.71. The Balaban J connectivity index is 3.18. The van der Waals surface area contributed by atoms with Crippen LogP contribution in [0.1, 0.15) is 18.5 Å². The lowest BCUT2D eigenvalue weighted by molar-refractivity contribution is 0.361. The topological polar surface area (TPSA) is 98.7 Å². The van der Waals surface area contributed by atoms with Crippen molar-refractivity contribution >= 4 is 0 Å². The molecule has 0 amide bonds. The minimum Gasteiger partial charge on any atom is -0.504 e. The van der Waals surface area contributed by atoms with Gasteiger partial charge < -0.3 is 15.3 Å². The second kappa shape index (κ2) is 3.51. The maximum atomic E-state index is 9.37. The Kier molecular flexibility index (Phi) is 2.60. The highest BCUT2D eigenvalue weighted by atomic mass is 16.3. The fourth-order valence-electron chi connectivity index (χ4n) is 1.02. The first-order chi connectivity index (χ1) is 6.07. The largest absolute Gasteiger partial charge is 0.504 e. The lowest BCUT2D eigenvalue weighted by atomic mass is 10.1. The number of benzene rings is 1. The number of hydrogen-bond donors (Lipinski definition) is 5. The van der Waals surface area contributed by atoms with Crippen molar-refractivity contribution in [2.24, 2.45) is 5.84 Å². The molecule has 0 saturated heterocycles. The van der Waals surface area contributed by atoms with Gasteiger partial charge in [0, 0.05) is 11.6 Å². The first kappa shape index (κ1) is 9.63. The number of nitrogens with one attached hydrogen (secondary N) is 1. The summed E-state index contributed by atoms with van der Waals surface area (Å²) in [4.78, 5) is 0. The molecule has 0 aliphatic rings. The Morgan fingerprint density at radius 1 is 1.23 bits per heavy atom. The SMILES string of the molecule is C[C@@H](NN)c1ccc(O)c(O)c1O. The summed E-state index contributed by atoms with van der Waals surface area (Å²) in [5, 5.41) is 27.6. The van der Waals surface area contributed by atoms with Gasteiger partial charge in [0.05, 0.1) is 0 Å². The second-order valence-electron chi connectivity index (χ2n) is 2.76. The van der Waals surface area contributed by atoms with Crippen LogP contribution in [0.15, 0.2) is 12.1 Å². The van der Waals surface area contributed by atoms with Gasteiger partial charge in [-0.2, -0.15) is 0 Å². The summed E-state index contributed by atoms with van der Waals surface area (Å²) in [6.07, 6.45) is 0. The highest BCUT2D eigenvalue weighted by molar-refractivity contribution is 5.53. The summed E-state index contributed by atoms with van der Waals surface area (Å²) in [5.41, 5.74) is 2.84. The van der Waals surface area contributed by atoms with Gasteiger partial charge in [-0.3, -0.25) is 11.3 Å². The zero-order valence-electron chi connectivity index (χ0n) is 7.15. The van der Waals surface area contributed by atoms with Crippen molar-refractivity contribution in [1.29, 1.82) is 0 Å². The zero-order chi connectivity index (χ0) is 10.0. The molecule has 0 saturated carbocycles. The molecule has 5 heteroatoms. The Labute approximate surface area is 75.4 Å². The predicted molar refractivity (Wildman–Crippen MR) is 47.2 cm³/mol. The Hall–Kier alpha value is -1.46. The van der Waals surface area contributed by atoms with Crippen molar-refractivity contribution in [3.05, 3.63) is 17.7 Å². The highest BCUT2D eigenvalue weighted by Gasteiger charge is 2.14. The molecule has 0 aliphatic carbocycles. The van der Waals surface area contributed by atoms with E-state index in [9.17, 15) is 5.11 Å². The molecule has 1 aromatic rings. The van der Waals surface area contributed by atoms with Gasteiger partial charge in [0.25, 0.3) is 0 Å². The number of nitrogens with two attached hydrogens (primary N) is 1. The van der Waals surface area contributed by atoms with Crippen molar-refractivity contribution in [2.75, 3.05) is 0 Å². The van der Waals surface area contributed by atoms with E-state index in [0.29, 0.717) is 5.56 Å². The average Bonchev–Trinajstić information content (AvgIpc) is 2.13. The van der Waals surface area contributed by atoms with Gasteiger partial charge in [0.1, 0.15) is 0 Å². The van der Waals surface area contributed by atoms with Crippen molar-refractivity contribution in [3.63, 3.8) is 0 Å². The normalized spacial score (nSPS) is 12.8. The van der Waals surface area contributed by atoms with Gasteiger partial charge >= 0.3 is 0 Å². The molecule has 0 spiro atoms. The molecule has 0 aliphatic heterocycles. The van der Waals surface area contributed by atoms with Gasteiger partial charge in [-0.1, -0.05) is 0 Å². The highest BCUT2D eigenvalue weighted by Crippen LogP contribution is 2.39. The first-order valence-corrected chi connectivity index (χ1v) is 3.77. The lowest BCUT2D eigenvalue weighted by Gasteiger charge is -2.13. The molecule has 0 unspecified atom stereocenters. The first-order valence-electron chi connectivity index (χ1n) is 3.77. The summed E-state index contributed by atoms with van der Waals surface area (Å²) >= 11 is 0. The van der Waals surface area contributed by atoms with Crippen LogP contribution in [0.5, 0.6) is 17.2 Å². The molecule has 0 bridgehead atoms. The quantitative estimate of drug-likeness (QED) is 0.259. The minimum absolute atomic E-state index is 0.300. The van der Waals surface area contributed by atoms with Crippen LogP contribution < -0.4 is 11.3 Å². The van der Waals surface area contributed by atoms with Gasteiger partial charge in [-0.15, -0.1) is 0 Å². The Morgan fingerprint density at radius 2 is 1.85 bits per heavy atom. The Morgan fingerprint density at radius 3 is 2.38 bits per heavy atom. The van der Waals surface area contributed by atoms with Crippen LogP contribution in [0, 0.1) is 0 Å². The van der Waals surface area contributed by atoms with E-state index in [1.807, 2.05) is 0 Å². The van der Waals surface area contributed by atoms with Crippen LogP contribution >= 0.6 is 0 Å². The van der Waals surface area contributed by atoms with Crippen LogP contribution in [-0.2, 0) is 0 Å². The maximum absolute atomic E-state index is 9.37. The summed E-state index contributed by atoms with van der Waals surface area (Å²) in [6, 6.07) is 2.47. The number of rotatable bonds is 2. The maximum Gasteiger partial charge on any atom is 0.200 e. The van der Waals surface area contributed by atoms with Crippen molar-refractivity contribution < 1.29 is 15.3 Å². The van der Waals surface area contributed by atoms with Crippen LogP contribution in [0.25, 0.3) is 0 Å². The number of phenols is 3. The van der Waals surface area contributed by atoms with Crippen molar-refractivity contribution in [1.82, 2.24) is 5.43 Å². The monoisotopic (exact) mass is 184 g/mol. The smallest absolute Gasteiger partial charge is 0.200 e. The molecule has 0 fully saturated rings. The van der Waals surface area contributed by atoms with E-state index in [2.05, 4.69) is 5.43 Å². The molecule has 1 aromatic carbocycles. The van der Waals surface area contributed by atoms with Gasteiger partial charge in [-0.25, -0.2) is 0 Å². The van der Waals surface area contributed by atoms with E-state index in [1.165, 1.54) is 12.1 Å². The fraction of sp³-hybridized carbons (Fsp3) is 0.250. The molecule has 6 N–H and O–H groups in total. The standard InChI is InChI=1S/C8H12N2O3/c1-4(10-9)5-2-3-6(11)8(13)7(5)12/h2-4,10-13H,9H2,1H3/t4-/m1/s1. The summed E-state index contributed by atoms with van der Waals surface area (Å²) < 4.78 is 0. The van der Waals surface area contributed by atoms with Gasteiger partial charge in [0.2, 0.25) is 5.75 Å². The fourth-order valence-corrected chi connectivity index (χ4v) is 1.02. The summed E-state index contributed by atoms with van der Waals surface area (Å²) in [5.74, 6) is 3.92. The third kappa shape index (κ3) is 1.66. The molecule has 5 nitrogen and oxygen atoms in total. The van der Waals surface area contributed by atoms with Gasteiger partial charge in [-0.05, 0) is 19.1 Å². The van der Waals surface area contributed by atoms with E-state index < -0.39 is 5.75 Å². The Bertz CT molecular complexity index is 315. The third-order valence-electron chi connectivity index (χ3n) is 1.88. The lowest BCUT2D eigenvalue weighted by Crippen LogP contribution is -2.25. The average molecular weight is 184 g/mol. The number of aromatic hydroxyl groups is 3. The van der Waals surface area contributed by atoms with E-state index in [-0.39, 0.29) is 17.5 Å². The van der Waals surface area contributed by atoms with Crippen molar-refractivity contribution in [3.8, 4) is 17.2 Å². The summed E-state index contributed by atoms with van der Waals surface area (Å²) in [7, 11) is 0. The molecular weight excluding hydrogens is 172 g/mol. The molecule has 1 rings (SSSR count). The van der Waals surface area contributed by atoms with E-state index in [1.54, 1.807) is 6.92 Å². The second-order valence-corrected chi connectivity index (χ2v) is 2.76. The molecule has 1 atom stereocenters. The molecule has 0 heterocycles. The molecule has 72 valence electrons. The molecule has 0 radical (unpaired) electrons. The van der Waals surface area contributed by atoms with Gasteiger partial charge in [0.15, 0.2) is 11.5 Å². The van der Waals surface area contributed by atoms with Crippen LogP contribution in [0.2, 0.25) is 0 Å². The molecule has 13 heavy (non-hydrogen) atoms. The van der Waals surface area contributed by atoms with E-state index in [4.69, 9.17) is 16.1 Å². The van der Waals surface area contributed by atoms with E-state index >= 15 is 0 Å². The van der Waals surface area contributed by atoms with Crippen LogP contribution in [-0.4, -0.2) is 15.3 Å². The molecular formula is C8H12N2O3. The third-order valence-corrected chi connectivity index (χ3v) is 1.88. The zero-order valence-corrected chi connectivity index (χ0v) is 7.15. The minimum atomic E-state index is -0.528. The van der Waals surface area contributed by atoms with E-state index in [0.717, 1.165) is 0 Å². The van der Waals surface area contributed by atoms with Crippen LogP contribution in [0.3, 0.4) is 0 Å². The molecule has 0 aromatic heterocycles. The predicted octanol–water partition coefficient (Wildman–Crippen LogP) is 0.328. The van der Waals surface area contributed by atoms with Crippen molar-refractivity contribution in [2.45, 2.75) is 13.0 Å². The number of hydrogen-bond acceptors (Lipinski definition) is 5.